The molecule has 4 nitrogen and oxygen atoms in total. The van der Waals surface area contributed by atoms with E-state index in [1.54, 1.807) is 0 Å². The Morgan fingerprint density at radius 2 is 1.90 bits per heavy atom. The molecular formula is C16H20N4. The number of amidine groups is 1. The molecule has 104 valence electrons. The number of pyridine rings is 1. The molecule has 3 N–H and O–H groups in total. The van der Waals surface area contributed by atoms with E-state index in [0.717, 1.165) is 22.8 Å². The second-order valence-electron chi connectivity index (χ2n) is 5.09. The Morgan fingerprint density at radius 1 is 1.20 bits per heavy atom. The summed E-state index contributed by atoms with van der Waals surface area (Å²) in [5, 5.41) is 7.80. The van der Waals surface area contributed by atoms with Gasteiger partial charge in [0.1, 0.15) is 11.7 Å². The third-order valence-corrected chi connectivity index (χ3v) is 3.30. The monoisotopic (exact) mass is 268 g/mol. The van der Waals surface area contributed by atoms with Crippen molar-refractivity contribution in [2.45, 2.75) is 20.8 Å². The van der Waals surface area contributed by atoms with Crippen LogP contribution in [0.1, 0.15) is 22.4 Å². The van der Waals surface area contributed by atoms with Crippen molar-refractivity contribution in [2.75, 3.05) is 11.9 Å². The Morgan fingerprint density at radius 3 is 2.50 bits per heavy atom. The first kappa shape index (κ1) is 14.1. The molecule has 2 aromatic rings. The van der Waals surface area contributed by atoms with Gasteiger partial charge in [-0.15, -0.1) is 0 Å². The van der Waals surface area contributed by atoms with E-state index in [2.05, 4.69) is 24.0 Å². The van der Waals surface area contributed by atoms with Gasteiger partial charge in [-0.25, -0.2) is 4.98 Å². The topological polar surface area (TPSA) is 66.0 Å². The predicted octanol–water partition coefficient (Wildman–Crippen LogP) is 3.06. The molecule has 0 aliphatic carbocycles. The Hall–Kier alpha value is -2.36. The number of hydrogen-bond acceptors (Lipinski definition) is 3. The molecule has 0 spiro atoms. The molecule has 0 atom stereocenters. The highest BCUT2D eigenvalue weighted by atomic mass is 15.2. The van der Waals surface area contributed by atoms with Crippen molar-refractivity contribution in [1.82, 2.24) is 4.98 Å². The number of aryl methyl sites for hydroxylation is 3. The largest absolute Gasteiger partial charge is 0.384 e. The third kappa shape index (κ3) is 2.64. The Kier molecular flexibility index (Phi) is 3.74. The predicted molar refractivity (Wildman–Crippen MR) is 84.0 cm³/mol. The van der Waals surface area contributed by atoms with Crippen LogP contribution in [0.15, 0.2) is 30.3 Å². The van der Waals surface area contributed by atoms with E-state index in [1.165, 1.54) is 5.56 Å². The Bertz CT molecular complexity index is 662. The average molecular weight is 268 g/mol. The lowest BCUT2D eigenvalue weighted by Crippen LogP contribution is -2.21. The van der Waals surface area contributed by atoms with Crippen LogP contribution in [0.25, 0.3) is 0 Å². The van der Waals surface area contributed by atoms with Crippen molar-refractivity contribution in [3.05, 3.63) is 52.7 Å². The quantitative estimate of drug-likeness (QED) is 0.664. The first-order chi connectivity index (χ1) is 9.40. The highest BCUT2D eigenvalue weighted by Crippen LogP contribution is 2.28. The van der Waals surface area contributed by atoms with Crippen molar-refractivity contribution in [3.8, 4) is 0 Å². The van der Waals surface area contributed by atoms with E-state index in [-0.39, 0.29) is 5.84 Å². The van der Waals surface area contributed by atoms with Crippen LogP contribution in [-0.2, 0) is 0 Å². The number of nitrogen functional groups attached to an aromatic ring is 1. The maximum absolute atomic E-state index is 7.80. The summed E-state index contributed by atoms with van der Waals surface area (Å²) in [6.45, 7) is 5.96. The van der Waals surface area contributed by atoms with Crippen LogP contribution < -0.4 is 10.6 Å². The molecule has 0 saturated carbocycles. The normalized spacial score (nSPS) is 10.4. The second-order valence-corrected chi connectivity index (χ2v) is 5.09. The van der Waals surface area contributed by atoms with Gasteiger partial charge in [-0.05, 0) is 50.1 Å². The van der Waals surface area contributed by atoms with Gasteiger partial charge in [0.05, 0.1) is 5.56 Å². The molecule has 0 unspecified atom stereocenters. The summed E-state index contributed by atoms with van der Waals surface area (Å²) < 4.78 is 0. The summed E-state index contributed by atoms with van der Waals surface area (Å²) in [4.78, 5) is 6.54. The van der Waals surface area contributed by atoms with Crippen molar-refractivity contribution in [1.29, 1.82) is 5.41 Å². The number of benzene rings is 1. The van der Waals surface area contributed by atoms with E-state index in [4.69, 9.17) is 11.1 Å². The molecule has 1 aromatic heterocycles. The number of hydrogen-bond donors (Lipinski definition) is 2. The molecule has 0 aliphatic heterocycles. The molecular weight excluding hydrogens is 248 g/mol. The summed E-state index contributed by atoms with van der Waals surface area (Å²) in [5.74, 6) is 0.769. The maximum atomic E-state index is 7.80. The molecule has 0 fully saturated rings. The molecule has 0 bridgehead atoms. The van der Waals surface area contributed by atoms with Crippen LogP contribution in [0, 0.1) is 26.2 Å². The number of nitrogens with two attached hydrogens (primary N) is 1. The van der Waals surface area contributed by atoms with Gasteiger partial charge in [0.25, 0.3) is 0 Å². The zero-order valence-corrected chi connectivity index (χ0v) is 12.4. The van der Waals surface area contributed by atoms with Gasteiger partial charge in [0.15, 0.2) is 0 Å². The standard InChI is InChI=1S/C16H20N4/c1-10-6-5-7-13(8-10)20(4)16-14(15(17)18)11(2)9-12(3)19-16/h5-9H,1-4H3,(H3,17,18). The van der Waals surface area contributed by atoms with Crippen LogP contribution in [-0.4, -0.2) is 17.9 Å². The molecule has 1 heterocycles. The summed E-state index contributed by atoms with van der Waals surface area (Å²) in [5.41, 5.74) is 10.5. The van der Waals surface area contributed by atoms with Crippen molar-refractivity contribution in [3.63, 3.8) is 0 Å². The minimum Gasteiger partial charge on any atom is -0.384 e. The second kappa shape index (κ2) is 5.33. The summed E-state index contributed by atoms with van der Waals surface area (Å²) in [6, 6.07) is 10.1. The molecule has 0 aliphatic rings. The lowest BCUT2D eigenvalue weighted by molar-refractivity contribution is 1.07. The van der Waals surface area contributed by atoms with Gasteiger partial charge in [-0.1, -0.05) is 12.1 Å². The molecule has 1 aromatic carbocycles. The van der Waals surface area contributed by atoms with Crippen LogP contribution >= 0.6 is 0 Å². The third-order valence-electron chi connectivity index (χ3n) is 3.30. The minimum atomic E-state index is 0.0458. The first-order valence-corrected chi connectivity index (χ1v) is 6.53. The van der Waals surface area contributed by atoms with E-state index in [0.29, 0.717) is 5.56 Å². The molecule has 2 rings (SSSR count). The SMILES string of the molecule is Cc1cccc(N(C)c2nc(C)cc(C)c2C(=N)N)c1. The lowest BCUT2D eigenvalue weighted by Gasteiger charge is -2.23. The summed E-state index contributed by atoms with van der Waals surface area (Å²) in [6.07, 6.45) is 0. The molecule has 0 saturated heterocycles. The van der Waals surface area contributed by atoms with Gasteiger partial charge in [-0.2, -0.15) is 0 Å². The van der Waals surface area contributed by atoms with Gasteiger partial charge in [0, 0.05) is 18.4 Å². The highest BCUT2D eigenvalue weighted by molar-refractivity contribution is 6.01. The van der Waals surface area contributed by atoms with Gasteiger partial charge < -0.3 is 10.6 Å². The van der Waals surface area contributed by atoms with Gasteiger partial charge in [0.2, 0.25) is 0 Å². The Labute approximate surface area is 119 Å². The fraction of sp³-hybridized carbons (Fsp3) is 0.250. The average Bonchev–Trinajstić information content (AvgIpc) is 2.36. The van der Waals surface area contributed by atoms with Crippen LogP contribution in [0.3, 0.4) is 0 Å². The van der Waals surface area contributed by atoms with Crippen LogP contribution in [0.4, 0.5) is 11.5 Å². The number of aromatic nitrogens is 1. The fourth-order valence-electron chi connectivity index (χ4n) is 2.35. The number of nitrogens with one attached hydrogen (secondary N) is 1. The zero-order chi connectivity index (χ0) is 14.9. The van der Waals surface area contributed by atoms with Gasteiger partial charge in [-0.3, -0.25) is 5.41 Å². The summed E-state index contributed by atoms with van der Waals surface area (Å²) >= 11 is 0. The minimum absolute atomic E-state index is 0.0458. The van der Waals surface area contributed by atoms with E-state index in [1.807, 2.05) is 44.0 Å². The fourth-order valence-corrected chi connectivity index (χ4v) is 2.35. The molecule has 20 heavy (non-hydrogen) atoms. The molecule has 0 radical (unpaired) electrons. The smallest absolute Gasteiger partial charge is 0.144 e. The molecule has 0 amide bonds. The van der Waals surface area contributed by atoms with Crippen molar-refractivity contribution in [2.24, 2.45) is 5.73 Å². The van der Waals surface area contributed by atoms with Crippen molar-refractivity contribution >= 4 is 17.3 Å². The van der Waals surface area contributed by atoms with E-state index < -0.39 is 0 Å². The van der Waals surface area contributed by atoms with E-state index in [9.17, 15) is 0 Å². The number of nitrogens with zero attached hydrogens (tertiary/aromatic N) is 2. The maximum Gasteiger partial charge on any atom is 0.144 e. The summed E-state index contributed by atoms with van der Waals surface area (Å²) in [7, 11) is 1.95. The first-order valence-electron chi connectivity index (χ1n) is 6.53. The number of rotatable bonds is 3. The molecule has 4 heteroatoms. The highest BCUT2D eigenvalue weighted by Gasteiger charge is 2.16. The van der Waals surface area contributed by atoms with Crippen molar-refractivity contribution < 1.29 is 0 Å². The zero-order valence-electron chi connectivity index (χ0n) is 12.4. The van der Waals surface area contributed by atoms with E-state index >= 15 is 0 Å². The number of anilines is 2. The Balaban J connectivity index is 2.59. The van der Waals surface area contributed by atoms with Gasteiger partial charge >= 0.3 is 0 Å². The van der Waals surface area contributed by atoms with Crippen LogP contribution in [0.2, 0.25) is 0 Å². The lowest BCUT2D eigenvalue weighted by atomic mass is 10.1. The van der Waals surface area contributed by atoms with Crippen LogP contribution in [0.5, 0.6) is 0 Å².